The molecule has 28 heteroatoms. The van der Waals surface area contributed by atoms with Crippen LogP contribution in [-0.4, -0.2) is 144 Å². The molecule has 0 spiro atoms. The first-order chi connectivity index (χ1) is 37.2. The van der Waals surface area contributed by atoms with E-state index in [4.69, 9.17) is 40.1 Å². The first-order valence-corrected chi connectivity index (χ1v) is 25.6. The number of aliphatic imine (C=N–C) groups is 3. The summed E-state index contributed by atoms with van der Waals surface area (Å²) in [5, 5.41) is 22.2. The molecule has 23 N–H and O–H groups in total. The van der Waals surface area contributed by atoms with Crippen molar-refractivity contribution in [2.24, 2.45) is 55.1 Å². The Labute approximate surface area is 450 Å². The number of aromatic nitrogens is 1. The highest BCUT2D eigenvalue weighted by atomic mass is 16.2. The molecule has 3 aromatic rings. The van der Waals surface area contributed by atoms with Crippen LogP contribution in [0.4, 0.5) is 0 Å². The summed E-state index contributed by atoms with van der Waals surface area (Å²) >= 11 is 0. The van der Waals surface area contributed by atoms with Crippen molar-refractivity contribution < 1.29 is 43.2 Å². The van der Waals surface area contributed by atoms with Crippen LogP contribution >= 0.6 is 0 Å². The zero-order valence-electron chi connectivity index (χ0n) is 43.7. The molecule has 1 aliphatic rings. The summed E-state index contributed by atoms with van der Waals surface area (Å²) in [5.74, 6) is -7.70. The summed E-state index contributed by atoms with van der Waals surface area (Å²) < 4.78 is 0. The minimum absolute atomic E-state index is 0.0185. The Balaban J connectivity index is 1.80. The molecule has 0 aliphatic carbocycles. The Hall–Kier alpha value is -8.98. The quantitative estimate of drug-likeness (QED) is 0.0289. The molecule has 4 rings (SSSR count). The third kappa shape index (κ3) is 21.7. The van der Waals surface area contributed by atoms with Crippen molar-refractivity contribution in [3.05, 3.63) is 71.9 Å². The van der Waals surface area contributed by atoms with Crippen LogP contribution in [0.2, 0.25) is 0 Å². The molecule has 1 aliphatic heterocycles. The number of benzene rings is 2. The van der Waals surface area contributed by atoms with E-state index in [0.29, 0.717) is 11.1 Å². The molecule has 2 aromatic carbocycles. The monoisotopic (exact) mass is 1090 g/mol. The predicted octanol–water partition coefficient (Wildman–Crippen LogP) is -4.30. The summed E-state index contributed by atoms with van der Waals surface area (Å²) in [6.45, 7) is 1.35. The van der Waals surface area contributed by atoms with Gasteiger partial charge in [0.1, 0.15) is 42.3 Å². The number of hydrogen-bond acceptors (Lipinski definition) is 12. The van der Waals surface area contributed by atoms with Crippen LogP contribution in [0.1, 0.15) is 82.3 Å². The minimum atomic E-state index is -1.50. The number of aromatic amines is 1. The highest BCUT2D eigenvalue weighted by Crippen LogP contribution is 2.20. The Kier molecular flexibility index (Phi) is 25.1. The van der Waals surface area contributed by atoms with E-state index in [1.165, 1.54) is 6.92 Å². The highest BCUT2D eigenvalue weighted by Gasteiger charge is 2.35. The molecule has 424 valence electrons. The number of rotatable bonds is 20. The zero-order valence-corrected chi connectivity index (χ0v) is 43.7. The van der Waals surface area contributed by atoms with Crippen molar-refractivity contribution in [2.75, 3.05) is 26.2 Å². The first-order valence-electron chi connectivity index (χ1n) is 25.6. The van der Waals surface area contributed by atoms with Gasteiger partial charge >= 0.3 is 0 Å². The average molecular weight is 1090 g/mol. The Morgan fingerprint density at radius 3 is 1.74 bits per heavy atom. The topological polar surface area (TPSA) is 485 Å². The molecule has 28 nitrogen and oxygen atoms in total. The number of carbonyl (C=O) groups excluding carboxylic acids is 9. The zero-order chi connectivity index (χ0) is 57.1. The first kappa shape index (κ1) is 61.6. The molecule has 7 atom stereocenters. The minimum Gasteiger partial charge on any atom is -0.370 e. The Morgan fingerprint density at radius 2 is 1.15 bits per heavy atom. The van der Waals surface area contributed by atoms with Crippen molar-refractivity contribution in [1.82, 2.24) is 47.5 Å². The second-order valence-electron chi connectivity index (χ2n) is 18.7. The fraction of sp³-hybridized carbons (Fsp3) is 0.480. The lowest BCUT2D eigenvalue weighted by Gasteiger charge is -2.28. The standard InChI is InChI=1S/C50H75N19O9/c1-28(70)63-34(16-8-22-59-48(52)53)42(73)67-37-19-20-40(71)58-21-7-15-33(41(51)72)64-47(78)39(26-30-27-62-32-14-6-5-13-31(30)32)69-44(75)36(18-10-24-61-50(56)57)66-46(77)38(25-29-11-3-2-4-12-29)68-43(74)35(65-45(37)76)17-9-23-60-49(54)55/h2-6,11-14,27,33-39,62H,7-10,15-26H2,1H3,(H2,51,72)(H,58,71)(H,63,70)(H,64,78)(H,65,76)(H,66,77)(H,67,73)(H,68,74)(H,69,75)(H4,52,53,59)(H4,54,55,60)(H4,56,57,61)/t33-,34-,35-,36-,37-,38?,39-/m0/s1. The van der Waals surface area contributed by atoms with E-state index < -0.39 is 95.5 Å². The maximum atomic E-state index is 14.7. The van der Waals surface area contributed by atoms with Crippen LogP contribution in [0.15, 0.2) is 75.8 Å². The maximum absolute atomic E-state index is 14.7. The molecule has 0 bridgehead atoms. The summed E-state index contributed by atoms with van der Waals surface area (Å²) in [5.41, 5.74) is 41.0. The van der Waals surface area contributed by atoms with Gasteiger partial charge in [-0.2, -0.15) is 0 Å². The fourth-order valence-corrected chi connectivity index (χ4v) is 8.44. The smallest absolute Gasteiger partial charge is 0.243 e. The molecule has 1 unspecified atom stereocenters. The van der Waals surface area contributed by atoms with Gasteiger partial charge in [0.25, 0.3) is 0 Å². The summed E-state index contributed by atoms with van der Waals surface area (Å²) in [6.07, 6.45) is 1.20. The number of nitrogens with one attached hydrogen (secondary N) is 9. The number of hydrogen-bond donors (Lipinski definition) is 16. The van der Waals surface area contributed by atoms with E-state index >= 15 is 0 Å². The van der Waals surface area contributed by atoms with Gasteiger partial charge in [0.15, 0.2) is 17.9 Å². The van der Waals surface area contributed by atoms with Gasteiger partial charge in [-0.05, 0) is 75.0 Å². The predicted molar refractivity (Wildman–Crippen MR) is 292 cm³/mol. The van der Waals surface area contributed by atoms with Crippen LogP contribution < -0.4 is 82.7 Å². The van der Waals surface area contributed by atoms with Crippen molar-refractivity contribution >= 4 is 81.9 Å². The van der Waals surface area contributed by atoms with Gasteiger partial charge in [-0.1, -0.05) is 48.5 Å². The van der Waals surface area contributed by atoms with E-state index in [0.717, 1.165) is 10.9 Å². The molecule has 1 fully saturated rings. The van der Waals surface area contributed by atoms with Gasteiger partial charge in [-0.3, -0.25) is 58.1 Å². The van der Waals surface area contributed by atoms with Gasteiger partial charge in [-0.15, -0.1) is 0 Å². The number of para-hydroxylation sites is 1. The number of fused-ring (bicyclic) bond motifs is 1. The van der Waals surface area contributed by atoms with Gasteiger partial charge in [-0.25, -0.2) is 0 Å². The highest BCUT2D eigenvalue weighted by molar-refractivity contribution is 5.98. The van der Waals surface area contributed by atoms with E-state index in [9.17, 15) is 43.2 Å². The van der Waals surface area contributed by atoms with Crippen LogP contribution in [-0.2, 0) is 56.0 Å². The third-order valence-electron chi connectivity index (χ3n) is 12.4. The van der Waals surface area contributed by atoms with Crippen molar-refractivity contribution in [3.63, 3.8) is 0 Å². The lowest BCUT2D eigenvalue weighted by molar-refractivity contribution is -0.136. The number of nitrogens with two attached hydrogens (primary N) is 7. The molecule has 2 heterocycles. The molecule has 1 saturated heterocycles. The molecule has 0 saturated carbocycles. The van der Waals surface area contributed by atoms with Gasteiger partial charge in [0.05, 0.1) is 0 Å². The second-order valence-corrected chi connectivity index (χ2v) is 18.7. The van der Waals surface area contributed by atoms with Crippen LogP contribution in [0.3, 0.4) is 0 Å². The molecule has 0 radical (unpaired) electrons. The Morgan fingerprint density at radius 1 is 0.628 bits per heavy atom. The average Bonchev–Trinajstić information content (AvgIpc) is 3.80. The molecular weight excluding hydrogens is 1010 g/mol. The van der Waals surface area contributed by atoms with Gasteiger partial charge in [0, 0.05) is 69.5 Å². The molecule has 78 heavy (non-hydrogen) atoms. The number of primary amides is 1. The second kappa shape index (κ2) is 31.8. The number of amides is 9. The largest absolute Gasteiger partial charge is 0.370 e. The molecular formula is C50H75N19O9. The SMILES string of the molecule is CC(=O)N[C@@H](CCCN=C(N)N)C(=O)N[C@H]1CCC(=O)NCCC[C@@H](C(N)=O)NC(=O)[C@H](Cc2c[nH]c3ccccc23)NC(=O)[C@H](CCCN=C(N)N)NC(=O)C(Cc2ccccc2)NC(=O)[C@H](CCCN=C(N)N)NC1=O. The normalized spacial score (nSPS) is 20.6. The van der Waals surface area contributed by atoms with E-state index in [-0.39, 0.29) is 121 Å². The summed E-state index contributed by atoms with van der Waals surface area (Å²) in [4.78, 5) is 140. The molecule has 1 aromatic heterocycles. The van der Waals surface area contributed by atoms with E-state index in [1.807, 2.05) is 18.2 Å². The number of guanidine groups is 3. The lowest BCUT2D eigenvalue weighted by atomic mass is 10.0. The van der Waals surface area contributed by atoms with Crippen LogP contribution in [0.25, 0.3) is 10.9 Å². The maximum Gasteiger partial charge on any atom is 0.243 e. The lowest BCUT2D eigenvalue weighted by Crippen LogP contribution is -2.60. The Bertz CT molecular complexity index is 2630. The fourth-order valence-electron chi connectivity index (χ4n) is 8.44. The van der Waals surface area contributed by atoms with Crippen LogP contribution in [0.5, 0.6) is 0 Å². The van der Waals surface area contributed by atoms with E-state index in [1.54, 1.807) is 42.6 Å². The van der Waals surface area contributed by atoms with Crippen molar-refractivity contribution in [1.29, 1.82) is 0 Å². The van der Waals surface area contributed by atoms with Crippen LogP contribution in [0, 0.1) is 0 Å². The van der Waals surface area contributed by atoms with Gasteiger partial charge in [0.2, 0.25) is 53.2 Å². The summed E-state index contributed by atoms with van der Waals surface area (Å²) in [6, 6.07) is 6.33. The third-order valence-corrected chi connectivity index (χ3v) is 12.4. The number of nitrogens with zero attached hydrogens (tertiary/aromatic N) is 3. The number of H-pyrrole nitrogens is 1. The summed E-state index contributed by atoms with van der Waals surface area (Å²) in [7, 11) is 0. The van der Waals surface area contributed by atoms with Crippen molar-refractivity contribution in [3.8, 4) is 0 Å². The van der Waals surface area contributed by atoms with Crippen molar-refractivity contribution in [2.45, 2.75) is 126 Å². The van der Waals surface area contributed by atoms with E-state index in [2.05, 4.69) is 62.5 Å². The van der Waals surface area contributed by atoms with Gasteiger partial charge < -0.3 is 87.7 Å². The molecule has 9 amide bonds. The number of carbonyl (C=O) groups is 9.